The summed E-state index contributed by atoms with van der Waals surface area (Å²) in [4.78, 5) is 11.5. The molecule has 1 atom stereocenters. The molecule has 4 nitrogen and oxygen atoms in total. The number of amides is 1. The molecule has 0 spiro atoms. The lowest BCUT2D eigenvalue weighted by atomic mass is 10.3. The molecule has 0 fully saturated rings. The number of halogens is 1. The minimum absolute atomic E-state index is 0.0279. The molecule has 0 bridgehead atoms. The predicted molar refractivity (Wildman–Crippen MR) is 64.2 cm³/mol. The summed E-state index contributed by atoms with van der Waals surface area (Å²) in [6.07, 6.45) is 2.45. The van der Waals surface area contributed by atoms with E-state index in [1.165, 1.54) is 0 Å². The molecule has 84 valence electrons. The monoisotopic (exact) mass is 273 g/mol. The van der Waals surface area contributed by atoms with Crippen molar-refractivity contribution >= 4 is 27.7 Å². The average molecular weight is 274 g/mol. The highest BCUT2D eigenvalue weighted by atomic mass is 79.9. The second kappa shape index (κ2) is 5.30. The Balaban J connectivity index is 2.72. The van der Waals surface area contributed by atoms with Crippen LogP contribution in [0.15, 0.2) is 12.3 Å². The van der Waals surface area contributed by atoms with Gasteiger partial charge >= 0.3 is 0 Å². The van der Waals surface area contributed by atoms with Crippen LogP contribution in [0.2, 0.25) is 0 Å². The highest BCUT2D eigenvalue weighted by Gasteiger charge is 2.15. The third-order valence-corrected chi connectivity index (χ3v) is 3.12. The molecule has 0 aromatic carbocycles. The Kier molecular flexibility index (Phi) is 4.32. The lowest BCUT2D eigenvalue weighted by molar-refractivity contribution is -0.115. The zero-order chi connectivity index (χ0) is 11.4. The second-order valence-electron chi connectivity index (χ2n) is 3.62. The van der Waals surface area contributed by atoms with E-state index in [2.05, 4.69) is 26.3 Å². The third-order valence-electron chi connectivity index (χ3n) is 2.05. The standard InChI is InChI=1S/C10H16BrN3O/c1-4-8(11)10(15)13-9-5-6-12-14(9)7(2)3/h5-8H,4H2,1-3H3,(H,13,15). The van der Waals surface area contributed by atoms with Gasteiger partial charge in [-0.2, -0.15) is 5.10 Å². The van der Waals surface area contributed by atoms with Gasteiger partial charge in [0.05, 0.1) is 11.0 Å². The van der Waals surface area contributed by atoms with E-state index in [1.807, 2.05) is 20.8 Å². The SMILES string of the molecule is CCC(Br)C(=O)Nc1ccnn1C(C)C. The van der Waals surface area contributed by atoms with Crippen LogP contribution in [0.4, 0.5) is 5.82 Å². The Bertz CT molecular complexity index is 335. The number of anilines is 1. The quantitative estimate of drug-likeness (QED) is 0.858. The molecule has 0 radical (unpaired) electrons. The highest BCUT2D eigenvalue weighted by molar-refractivity contribution is 9.10. The summed E-state index contributed by atoms with van der Waals surface area (Å²) in [7, 11) is 0. The van der Waals surface area contributed by atoms with Crippen LogP contribution in [0.3, 0.4) is 0 Å². The van der Waals surface area contributed by atoms with Gasteiger partial charge in [0.25, 0.3) is 0 Å². The first kappa shape index (κ1) is 12.2. The van der Waals surface area contributed by atoms with E-state index in [9.17, 15) is 4.79 Å². The topological polar surface area (TPSA) is 46.9 Å². The number of nitrogens with one attached hydrogen (secondary N) is 1. The maximum absolute atomic E-state index is 11.6. The summed E-state index contributed by atoms with van der Waals surface area (Å²) >= 11 is 3.31. The van der Waals surface area contributed by atoms with Gasteiger partial charge in [0.1, 0.15) is 5.82 Å². The number of carbonyl (C=O) groups excluding carboxylic acids is 1. The van der Waals surface area contributed by atoms with Gasteiger partial charge in [-0.1, -0.05) is 22.9 Å². The van der Waals surface area contributed by atoms with Crippen LogP contribution < -0.4 is 5.32 Å². The smallest absolute Gasteiger partial charge is 0.239 e. The predicted octanol–water partition coefficient (Wildman–Crippen LogP) is 2.58. The van der Waals surface area contributed by atoms with E-state index in [1.54, 1.807) is 16.9 Å². The van der Waals surface area contributed by atoms with Crippen LogP contribution >= 0.6 is 15.9 Å². The summed E-state index contributed by atoms with van der Waals surface area (Å²) in [6.45, 7) is 6.00. The first-order chi connectivity index (χ1) is 7.06. The summed E-state index contributed by atoms with van der Waals surface area (Å²) in [5.41, 5.74) is 0. The zero-order valence-electron chi connectivity index (χ0n) is 9.20. The number of aromatic nitrogens is 2. The van der Waals surface area contributed by atoms with Crippen molar-refractivity contribution in [2.75, 3.05) is 5.32 Å². The molecule has 0 aliphatic heterocycles. The Labute approximate surface area is 98.2 Å². The van der Waals surface area contributed by atoms with Gasteiger partial charge in [0, 0.05) is 12.1 Å². The van der Waals surface area contributed by atoms with Crippen LogP contribution in [0.25, 0.3) is 0 Å². The van der Waals surface area contributed by atoms with Gasteiger partial charge in [-0.05, 0) is 20.3 Å². The van der Waals surface area contributed by atoms with Gasteiger partial charge in [-0.3, -0.25) is 4.79 Å². The Hall–Kier alpha value is -0.840. The molecular weight excluding hydrogens is 258 g/mol. The largest absolute Gasteiger partial charge is 0.310 e. The maximum atomic E-state index is 11.6. The molecule has 15 heavy (non-hydrogen) atoms. The minimum Gasteiger partial charge on any atom is -0.310 e. The molecule has 1 aromatic heterocycles. The molecule has 1 amide bonds. The van der Waals surface area contributed by atoms with Crippen molar-refractivity contribution in [3.63, 3.8) is 0 Å². The van der Waals surface area contributed by atoms with E-state index in [4.69, 9.17) is 0 Å². The molecule has 0 saturated carbocycles. The van der Waals surface area contributed by atoms with Crippen LogP contribution in [0, 0.1) is 0 Å². The van der Waals surface area contributed by atoms with Gasteiger partial charge in [-0.25, -0.2) is 4.68 Å². The van der Waals surface area contributed by atoms with E-state index in [0.29, 0.717) is 0 Å². The number of rotatable bonds is 4. The van der Waals surface area contributed by atoms with Crippen LogP contribution in [-0.4, -0.2) is 20.5 Å². The Morgan fingerprint density at radius 2 is 2.33 bits per heavy atom. The molecule has 1 heterocycles. The minimum atomic E-state index is -0.145. The van der Waals surface area contributed by atoms with Crippen molar-refractivity contribution in [1.82, 2.24) is 9.78 Å². The van der Waals surface area contributed by atoms with E-state index >= 15 is 0 Å². The van der Waals surface area contributed by atoms with Crippen LogP contribution in [0.1, 0.15) is 33.2 Å². The van der Waals surface area contributed by atoms with Crippen molar-refractivity contribution in [1.29, 1.82) is 0 Å². The molecule has 0 aliphatic carbocycles. The Morgan fingerprint density at radius 1 is 1.67 bits per heavy atom. The van der Waals surface area contributed by atoms with Gasteiger partial charge in [0.2, 0.25) is 5.91 Å². The molecule has 1 aromatic rings. The van der Waals surface area contributed by atoms with E-state index < -0.39 is 0 Å². The van der Waals surface area contributed by atoms with Crippen molar-refractivity contribution in [2.24, 2.45) is 0 Å². The number of carbonyl (C=O) groups is 1. The number of hydrogen-bond acceptors (Lipinski definition) is 2. The van der Waals surface area contributed by atoms with Crippen molar-refractivity contribution in [3.05, 3.63) is 12.3 Å². The van der Waals surface area contributed by atoms with Crippen LogP contribution in [-0.2, 0) is 4.79 Å². The number of hydrogen-bond donors (Lipinski definition) is 1. The van der Waals surface area contributed by atoms with Gasteiger partial charge in [0.15, 0.2) is 0 Å². The molecular formula is C10H16BrN3O. The molecule has 0 aliphatic rings. The van der Waals surface area contributed by atoms with Gasteiger partial charge in [-0.15, -0.1) is 0 Å². The first-order valence-corrected chi connectivity index (χ1v) is 5.96. The van der Waals surface area contributed by atoms with E-state index in [-0.39, 0.29) is 16.8 Å². The fourth-order valence-corrected chi connectivity index (χ4v) is 1.33. The average Bonchev–Trinajstić information content (AvgIpc) is 2.64. The third kappa shape index (κ3) is 3.06. The number of nitrogens with zero attached hydrogens (tertiary/aromatic N) is 2. The van der Waals surface area contributed by atoms with E-state index in [0.717, 1.165) is 12.2 Å². The summed E-state index contributed by atoms with van der Waals surface area (Å²) in [6, 6.07) is 2.04. The lowest BCUT2D eigenvalue weighted by Crippen LogP contribution is -2.24. The molecule has 5 heteroatoms. The van der Waals surface area contributed by atoms with Crippen molar-refractivity contribution < 1.29 is 4.79 Å². The maximum Gasteiger partial charge on any atom is 0.239 e. The first-order valence-electron chi connectivity index (χ1n) is 5.04. The lowest BCUT2D eigenvalue weighted by Gasteiger charge is -2.13. The normalized spacial score (nSPS) is 12.9. The molecule has 0 saturated heterocycles. The van der Waals surface area contributed by atoms with Crippen molar-refractivity contribution in [2.45, 2.75) is 38.1 Å². The summed E-state index contributed by atoms with van der Waals surface area (Å²) in [5.74, 6) is 0.716. The number of alkyl halides is 1. The highest BCUT2D eigenvalue weighted by Crippen LogP contribution is 2.15. The van der Waals surface area contributed by atoms with Gasteiger partial charge < -0.3 is 5.32 Å². The summed E-state index contributed by atoms with van der Waals surface area (Å²) < 4.78 is 1.78. The molecule has 1 unspecified atom stereocenters. The summed E-state index contributed by atoms with van der Waals surface area (Å²) in [5, 5.41) is 6.98. The zero-order valence-corrected chi connectivity index (χ0v) is 10.8. The Morgan fingerprint density at radius 3 is 2.87 bits per heavy atom. The van der Waals surface area contributed by atoms with Crippen LogP contribution in [0.5, 0.6) is 0 Å². The fourth-order valence-electron chi connectivity index (χ4n) is 1.21. The second-order valence-corrected chi connectivity index (χ2v) is 4.73. The van der Waals surface area contributed by atoms with Crippen molar-refractivity contribution in [3.8, 4) is 0 Å². The fraction of sp³-hybridized carbons (Fsp3) is 0.600. The molecule has 1 rings (SSSR count). The molecule has 1 N–H and O–H groups in total.